The molecule has 0 aliphatic heterocycles. The average Bonchev–Trinajstić information content (AvgIpc) is 3.11. The van der Waals surface area contributed by atoms with Crippen LogP contribution in [0, 0.1) is 11.3 Å². The number of rotatable bonds is 5. The third-order valence-electron chi connectivity index (χ3n) is 3.30. The minimum Gasteiger partial charge on any atom is -0.340 e. The second-order valence-electron chi connectivity index (χ2n) is 5.18. The van der Waals surface area contributed by atoms with Crippen LogP contribution in [0.25, 0.3) is 0 Å². The molecule has 0 radical (unpaired) electrons. The predicted octanol–water partition coefficient (Wildman–Crippen LogP) is 3.35. The molecule has 0 bridgehead atoms. The smallest absolute Gasteiger partial charge is 0.270 e. The molecule has 0 aromatic carbocycles. The summed E-state index contributed by atoms with van der Waals surface area (Å²) in [5.41, 5.74) is 0.701. The Morgan fingerprint density at radius 3 is 2.84 bits per heavy atom. The van der Waals surface area contributed by atoms with Gasteiger partial charge < -0.3 is 9.47 Å². The van der Waals surface area contributed by atoms with Crippen molar-refractivity contribution in [2.75, 3.05) is 6.54 Å². The van der Waals surface area contributed by atoms with Crippen molar-refractivity contribution in [3.63, 3.8) is 0 Å². The minimum atomic E-state index is 0.0390. The summed E-state index contributed by atoms with van der Waals surface area (Å²) < 4.78 is 2.90. The van der Waals surface area contributed by atoms with E-state index in [1.54, 1.807) is 0 Å². The van der Waals surface area contributed by atoms with Crippen molar-refractivity contribution < 1.29 is 4.79 Å². The van der Waals surface area contributed by atoms with Gasteiger partial charge in [-0.1, -0.05) is 0 Å². The van der Waals surface area contributed by atoms with Gasteiger partial charge in [0.15, 0.2) is 0 Å². The van der Waals surface area contributed by atoms with Crippen LogP contribution in [0.5, 0.6) is 0 Å². The molecule has 0 saturated heterocycles. The standard InChI is InChI=1S/C14H18BrN3O/c1-10(2)18-9-11(15)8-13(18)14(19)17(7-3-6-16)12-4-5-12/h8-10,12H,3-5,7H2,1-2H3. The van der Waals surface area contributed by atoms with E-state index in [0.29, 0.717) is 24.7 Å². The van der Waals surface area contributed by atoms with Crippen LogP contribution in [0.4, 0.5) is 0 Å². The number of hydrogen-bond acceptors (Lipinski definition) is 2. The molecular formula is C14H18BrN3O. The van der Waals surface area contributed by atoms with E-state index in [1.807, 2.05) is 21.7 Å². The third-order valence-corrected chi connectivity index (χ3v) is 3.74. The van der Waals surface area contributed by atoms with Crippen LogP contribution < -0.4 is 0 Å². The Morgan fingerprint density at radius 1 is 1.63 bits per heavy atom. The van der Waals surface area contributed by atoms with Crippen LogP contribution in [-0.4, -0.2) is 28.0 Å². The van der Waals surface area contributed by atoms with Gasteiger partial charge in [-0.25, -0.2) is 0 Å². The largest absolute Gasteiger partial charge is 0.340 e. The fraction of sp³-hybridized carbons (Fsp3) is 0.571. The first-order chi connectivity index (χ1) is 9.04. The molecule has 1 fully saturated rings. The van der Waals surface area contributed by atoms with Crippen molar-refractivity contribution in [2.45, 2.75) is 45.2 Å². The van der Waals surface area contributed by atoms with E-state index < -0.39 is 0 Å². The van der Waals surface area contributed by atoms with Crippen molar-refractivity contribution in [1.29, 1.82) is 5.26 Å². The molecule has 0 N–H and O–H groups in total. The Balaban J connectivity index is 2.23. The average molecular weight is 324 g/mol. The summed E-state index contributed by atoms with van der Waals surface area (Å²) in [6, 6.07) is 4.55. The highest BCUT2D eigenvalue weighted by atomic mass is 79.9. The molecule has 0 unspecified atom stereocenters. The number of amides is 1. The first-order valence-electron chi connectivity index (χ1n) is 6.60. The second kappa shape index (κ2) is 5.79. The monoisotopic (exact) mass is 323 g/mol. The van der Waals surface area contributed by atoms with Crippen LogP contribution in [0.1, 0.15) is 49.6 Å². The fourth-order valence-electron chi connectivity index (χ4n) is 2.20. The zero-order valence-electron chi connectivity index (χ0n) is 11.3. The minimum absolute atomic E-state index is 0.0390. The summed E-state index contributed by atoms with van der Waals surface area (Å²) in [5.74, 6) is 0.0390. The van der Waals surface area contributed by atoms with Crippen molar-refractivity contribution in [3.05, 3.63) is 22.4 Å². The van der Waals surface area contributed by atoms with Crippen molar-refractivity contribution in [1.82, 2.24) is 9.47 Å². The van der Waals surface area contributed by atoms with Gasteiger partial charge in [0.25, 0.3) is 5.91 Å². The SMILES string of the molecule is CC(C)n1cc(Br)cc1C(=O)N(CCC#N)C1CC1. The van der Waals surface area contributed by atoms with E-state index in [4.69, 9.17) is 5.26 Å². The summed E-state index contributed by atoms with van der Waals surface area (Å²) in [7, 11) is 0. The van der Waals surface area contributed by atoms with Gasteiger partial charge in [0.1, 0.15) is 5.69 Å². The number of carbonyl (C=O) groups excluding carboxylic acids is 1. The molecule has 1 amide bonds. The molecule has 1 heterocycles. The van der Waals surface area contributed by atoms with Crippen molar-refractivity contribution >= 4 is 21.8 Å². The summed E-state index contributed by atoms with van der Waals surface area (Å²) in [4.78, 5) is 14.5. The van der Waals surface area contributed by atoms with E-state index in [2.05, 4.69) is 35.8 Å². The molecule has 2 rings (SSSR count). The lowest BCUT2D eigenvalue weighted by molar-refractivity contribution is 0.0734. The molecule has 4 nitrogen and oxygen atoms in total. The Labute approximate surface area is 122 Å². The van der Waals surface area contributed by atoms with Gasteiger partial charge in [0, 0.05) is 29.3 Å². The van der Waals surface area contributed by atoms with Crippen LogP contribution in [0.3, 0.4) is 0 Å². The van der Waals surface area contributed by atoms with Gasteiger partial charge in [-0.2, -0.15) is 5.26 Å². The zero-order valence-corrected chi connectivity index (χ0v) is 12.9. The quantitative estimate of drug-likeness (QED) is 0.834. The number of aromatic nitrogens is 1. The van der Waals surface area contributed by atoms with Crippen LogP contribution in [0.2, 0.25) is 0 Å². The number of hydrogen-bond donors (Lipinski definition) is 0. The molecule has 0 spiro atoms. The number of nitrogens with zero attached hydrogens (tertiary/aromatic N) is 3. The maximum atomic E-state index is 12.6. The van der Waals surface area contributed by atoms with E-state index in [0.717, 1.165) is 17.3 Å². The molecule has 1 aliphatic carbocycles. The molecule has 0 atom stereocenters. The number of nitriles is 1. The maximum Gasteiger partial charge on any atom is 0.270 e. The Kier molecular flexibility index (Phi) is 4.31. The zero-order chi connectivity index (χ0) is 14.0. The van der Waals surface area contributed by atoms with E-state index in [1.165, 1.54) is 0 Å². The lowest BCUT2D eigenvalue weighted by atomic mass is 10.3. The highest BCUT2D eigenvalue weighted by molar-refractivity contribution is 9.10. The summed E-state index contributed by atoms with van der Waals surface area (Å²) in [6.45, 7) is 4.64. The molecular weight excluding hydrogens is 306 g/mol. The van der Waals surface area contributed by atoms with Crippen molar-refractivity contribution in [3.8, 4) is 6.07 Å². The van der Waals surface area contributed by atoms with Crippen molar-refractivity contribution in [2.24, 2.45) is 0 Å². The Hall–Kier alpha value is -1.28. The molecule has 1 aliphatic rings. The highest BCUT2D eigenvalue weighted by Gasteiger charge is 2.34. The number of carbonyl (C=O) groups is 1. The molecule has 102 valence electrons. The normalized spacial score (nSPS) is 14.5. The van der Waals surface area contributed by atoms with E-state index in [-0.39, 0.29) is 11.9 Å². The second-order valence-corrected chi connectivity index (χ2v) is 6.10. The molecule has 1 aromatic rings. The topological polar surface area (TPSA) is 49.0 Å². The molecule has 1 saturated carbocycles. The van der Waals surface area contributed by atoms with Gasteiger partial charge in [-0.3, -0.25) is 4.79 Å². The lowest BCUT2D eigenvalue weighted by Gasteiger charge is -2.23. The van der Waals surface area contributed by atoms with E-state index in [9.17, 15) is 4.79 Å². The Bertz CT molecular complexity index is 511. The predicted molar refractivity (Wildman–Crippen MR) is 76.8 cm³/mol. The summed E-state index contributed by atoms with van der Waals surface area (Å²) in [5, 5.41) is 8.72. The first-order valence-corrected chi connectivity index (χ1v) is 7.39. The van der Waals surface area contributed by atoms with Crippen LogP contribution >= 0.6 is 15.9 Å². The molecule has 5 heteroatoms. The fourth-order valence-corrected chi connectivity index (χ4v) is 2.64. The lowest BCUT2D eigenvalue weighted by Crippen LogP contribution is -2.35. The van der Waals surface area contributed by atoms with Gasteiger partial charge >= 0.3 is 0 Å². The van der Waals surface area contributed by atoms with Crippen LogP contribution in [-0.2, 0) is 0 Å². The maximum absolute atomic E-state index is 12.6. The molecule has 1 aromatic heterocycles. The van der Waals surface area contributed by atoms with Crippen LogP contribution in [0.15, 0.2) is 16.7 Å². The number of halogens is 1. The van der Waals surface area contributed by atoms with Gasteiger partial charge in [0.2, 0.25) is 0 Å². The van der Waals surface area contributed by atoms with Gasteiger partial charge in [0.05, 0.1) is 12.5 Å². The first kappa shape index (κ1) is 14.1. The Morgan fingerprint density at radius 2 is 2.32 bits per heavy atom. The van der Waals surface area contributed by atoms with Gasteiger partial charge in [-0.15, -0.1) is 0 Å². The third kappa shape index (κ3) is 3.19. The summed E-state index contributed by atoms with van der Waals surface area (Å²) >= 11 is 3.43. The highest BCUT2D eigenvalue weighted by Crippen LogP contribution is 2.30. The summed E-state index contributed by atoms with van der Waals surface area (Å²) in [6.07, 6.45) is 4.44. The van der Waals surface area contributed by atoms with Gasteiger partial charge in [-0.05, 0) is 48.7 Å². The molecule has 19 heavy (non-hydrogen) atoms. The van der Waals surface area contributed by atoms with E-state index >= 15 is 0 Å².